The van der Waals surface area contributed by atoms with Gasteiger partial charge in [0, 0.05) is 17.6 Å². The minimum atomic E-state index is -1.20. The second kappa shape index (κ2) is 5.84. The molecule has 2 heterocycles. The van der Waals surface area contributed by atoms with Crippen molar-refractivity contribution in [2.24, 2.45) is 0 Å². The molecule has 0 fully saturated rings. The molecule has 1 aliphatic carbocycles. The van der Waals surface area contributed by atoms with Crippen LogP contribution in [0.3, 0.4) is 0 Å². The molecule has 2 aromatic heterocycles. The summed E-state index contributed by atoms with van der Waals surface area (Å²) in [5.41, 5.74) is 1.08. The van der Waals surface area contributed by atoms with Crippen molar-refractivity contribution in [1.82, 2.24) is 0 Å². The number of aryl methyl sites for hydroxylation is 1. The van der Waals surface area contributed by atoms with Gasteiger partial charge in [-0.15, -0.1) is 0 Å². The number of carbonyl (C=O) groups is 3. The standard InChI is InChI=1S/C17H14O7/c1-8-13-11(24-15(8)16(19)20)5-3-9(14(13)18)7-10-4-6-12(23-10)17(21)22-2/h4,6-7H,3,5H2,1-2H3,(H,19,20)/b9-7+. The van der Waals surface area contributed by atoms with Crippen LogP contribution in [0.25, 0.3) is 6.08 Å². The van der Waals surface area contributed by atoms with E-state index in [0.717, 1.165) is 0 Å². The molecule has 24 heavy (non-hydrogen) atoms. The fourth-order valence-electron chi connectivity index (χ4n) is 2.72. The normalized spacial score (nSPS) is 15.4. The van der Waals surface area contributed by atoms with E-state index in [-0.39, 0.29) is 17.3 Å². The molecule has 7 nitrogen and oxygen atoms in total. The zero-order valence-corrected chi connectivity index (χ0v) is 13.0. The lowest BCUT2D eigenvalue weighted by atomic mass is 9.89. The molecular weight excluding hydrogens is 316 g/mol. The van der Waals surface area contributed by atoms with E-state index in [2.05, 4.69) is 4.74 Å². The van der Waals surface area contributed by atoms with Crippen LogP contribution in [0.4, 0.5) is 0 Å². The Hall–Kier alpha value is -3.09. The van der Waals surface area contributed by atoms with Gasteiger partial charge in [-0.1, -0.05) is 0 Å². The quantitative estimate of drug-likeness (QED) is 0.681. The van der Waals surface area contributed by atoms with Gasteiger partial charge in [0.1, 0.15) is 11.5 Å². The molecule has 0 aromatic carbocycles. The Morgan fingerprint density at radius 1 is 1.25 bits per heavy atom. The molecule has 2 aromatic rings. The lowest BCUT2D eigenvalue weighted by molar-refractivity contribution is 0.0563. The summed E-state index contributed by atoms with van der Waals surface area (Å²) in [7, 11) is 1.25. The van der Waals surface area contributed by atoms with E-state index in [1.807, 2.05) is 0 Å². The molecule has 7 heteroatoms. The third kappa shape index (κ3) is 2.54. The lowest BCUT2D eigenvalue weighted by Gasteiger charge is -2.12. The molecule has 0 aliphatic heterocycles. The smallest absolute Gasteiger partial charge is 0.373 e. The largest absolute Gasteiger partial charge is 0.475 e. The fourth-order valence-corrected chi connectivity index (χ4v) is 2.72. The maximum absolute atomic E-state index is 12.6. The van der Waals surface area contributed by atoms with Crippen LogP contribution in [0.5, 0.6) is 0 Å². The molecule has 0 spiro atoms. The van der Waals surface area contributed by atoms with Gasteiger partial charge < -0.3 is 18.7 Å². The molecule has 0 saturated heterocycles. The van der Waals surface area contributed by atoms with E-state index in [0.29, 0.717) is 41.1 Å². The van der Waals surface area contributed by atoms with Crippen molar-refractivity contribution in [3.63, 3.8) is 0 Å². The zero-order valence-electron chi connectivity index (χ0n) is 13.0. The first-order valence-electron chi connectivity index (χ1n) is 7.21. The van der Waals surface area contributed by atoms with Gasteiger partial charge >= 0.3 is 11.9 Å². The fraction of sp³-hybridized carbons (Fsp3) is 0.235. The molecule has 124 valence electrons. The van der Waals surface area contributed by atoms with Gasteiger partial charge in [-0.25, -0.2) is 9.59 Å². The summed E-state index contributed by atoms with van der Waals surface area (Å²) in [5.74, 6) is -1.52. The number of hydrogen-bond donors (Lipinski definition) is 1. The number of esters is 1. The molecule has 0 saturated carbocycles. The van der Waals surface area contributed by atoms with Gasteiger partial charge in [-0.3, -0.25) is 4.79 Å². The van der Waals surface area contributed by atoms with Gasteiger partial charge in [-0.05, 0) is 31.6 Å². The monoisotopic (exact) mass is 330 g/mol. The molecule has 0 amide bonds. The van der Waals surface area contributed by atoms with Crippen molar-refractivity contribution in [2.45, 2.75) is 19.8 Å². The van der Waals surface area contributed by atoms with Crippen LogP contribution in [-0.2, 0) is 11.2 Å². The highest BCUT2D eigenvalue weighted by Crippen LogP contribution is 2.32. The van der Waals surface area contributed by atoms with Crippen molar-refractivity contribution in [1.29, 1.82) is 0 Å². The first-order chi connectivity index (χ1) is 11.4. The molecule has 0 unspecified atom stereocenters. The number of ketones is 1. The molecular formula is C17H14O7. The summed E-state index contributed by atoms with van der Waals surface area (Å²) < 4.78 is 15.2. The highest BCUT2D eigenvalue weighted by molar-refractivity contribution is 6.14. The SMILES string of the molecule is COC(=O)c1ccc(/C=C2\CCc3oc(C(=O)O)c(C)c3C2=O)o1. The van der Waals surface area contributed by atoms with E-state index < -0.39 is 11.9 Å². The van der Waals surface area contributed by atoms with Gasteiger partial charge in [0.25, 0.3) is 0 Å². The average Bonchev–Trinajstić information content (AvgIpc) is 3.14. The molecule has 1 N–H and O–H groups in total. The zero-order chi connectivity index (χ0) is 17.4. The highest BCUT2D eigenvalue weighted by Gasteiger charge is 2.31. The van der Waals surface area contributed by atoms with E-state index in [4.69, 9.17) is 13.9 Å². The molecule has 0 radical (unpaired) electrons. The topological polar surface area (TPSA) is 107 Å². The van der Waals surface area contributed by atoms with E-state index in [9.17, 15) is 14.4 Å². The number of fused-ring (bicyclic) bond motifs is 1. The predicted octanol–water partition coefficient (Wildman–Crippen LogP) is 2.88. The number of carbonyl (C=O) groups excluding carboxylic acids is 2. The first-order valence-corrected chi connectivity index (χ1v) is 7.21. The number of Topliss-reactive ketones (excluding diaryl/α,β-unsaturated/α-hetero) is 1. The number of carboxylic acid groups (broad SMARTS) is 1. The molecule has 0 bridgehead atoms. The Kier molecular flexibility index (Phi) is 3.84. The lowest BCUT2D eigenvalue weighted by Crippen LogP contribution is -2.13. The van der Waals surface area contributed by atoms with Gasteiger partial charge in [0.2, 0.25) is 11.5 Å². The van der Waals surface area contributed by atoms with Gasteiger partial charge in [-0.2, -0.15) is 0 Å². The number of aromatic carboxylic acids is 1. The van der Waals surface area contributed by atoms with Crippen molar-refractivity contribution >= 4 is 23.8 Å². The van der Waals surface area contributed by atoms with Crippen LogP contribution >= 0.6 is 0 Å². The van der Waals surface area contributed by atoms with E-state index >= 15 is 0 Å². The van der Waals surface area contributed by atoms with Crippen molar-refractivity contribution in [3.05, 3.63) is 51.9 Å². The molecule has 0 atom stereocenters. The maximum Gasteiger partial charge on any atom is 0.373 e. The number of carboxylic acids is 1. The minimum absolute atomic E-state index is 0.0425. The van der Waals surface area contributed by atoms with Crippen LogP contribution in [0.1, 0.15) is 55.0 Å². The van der Waals surface area contributed by atoms with E-state index in [1.54, 1.807) is 19.1 Å². The average molecular weight is 330 g/mol. The van der Waals surface area contributed by atoms with Crippen LogP contribution in [0.15, 0.2) is 26.5 Å². The number of ether oxygens (including phenoxy) is 1. The molecule has 1 aliphatic rings. The van der Waals surface area contributed by atoms with Gasteiger partial charge in [0.05, 0.1) is 12.7 Å². The maximum atomic E-state index is 12.6. The summed E-state index contributed by atoms with van der Waals surface area (Å²) in [6.45, 7) is 1.55. The van der Waals surface area contributed by atoms with Crippen LogP contribution in [-0.4, -0.2) is 29.9 Å². The van der Waals surface area contributed by atoms with Crippen LogP contribution < -0.4 is 0 Å². The number of allylic oxidation sites excluding steroid dienone is 1. The van der Waals surface area contributed by atoms with Crippen LogP contribution in [0.2, 0.25) is 0 Å². The summed E-state index contributed by atoms with van der Waals surface area (Å²) in [6, 6.07) is 3.02. The minimum Gasteiger partial charge on any atom is -0.475 e. The first kappa shape index (κ1) is 15.8. The van der Waals surface area contributed by atoms with Crippen molar-refractivity contribution in [2.75, 3.05) is 7.11 Å². The van der Waals surface area contributed by atoms with Crippen LogP contribution in [0, 0.1) is 6.92 Å². The summed E-state index contributed by atoms with van der Waals surface area (Å²) in [6.07, 6.45) is 2.36. The number of furan rings is 2. The second-order valence-electron chi connectivity index (χ2n) is 5.35. The third-order valence-electron chi connectivity index (χ3n) is 3.88. The Morgan fingerprint density at radius 3 is 2.67 bits per heavy atom. The highest BCUT2D eigenvalue weighted by atomic mass is 16.5. The molecule has 3 rings (SSSR count). The Morgan fingerprint density at radius 2 is 2.00 bits per heavy atom. The van der Waals surface area contributed by atoms with E-state index in [1.165, 1.54) is 13.2 Å². The summed E-state index contributed by atoms with van der Waals surface area (Å²) >= 11 is 0. The van der Waals surface area contributed by atoms with Crippen molar-refractivity contribution < 1.29 is 33.1 Å². The Labute approximate surface area is 136 Å². The number of hydrogen-bond acceptors (Lipinski definition) is 6. The number of rotatable bonds is 3. The summed E-state index contributed by atoms with van der Waals surface area (Å²) in [4.78, 5) is 35.1. The predicted molar refractivity (Wildman–Crippen MR) is 81.1 cm³/mol. The Bertz CT molecular complexity index is 879. The number of methoxy groups -OCH3 is 1. The second-order valence-corrected chi connectivity index (χ2v) is 5.35. The third-order valence-corrected chi connectivity index (χ3v) is 3.88. The Balaban J connectivity index is 1.95. The summed E-state index contributed by atoms with van der Waals surface area (Å²) in [5, 5.41) is 9.10. The van der Waals surface area contributed by atoms with Crippen molar-refractivity contribution in [3.8, 4) is 0 Å². The van der Waals surface area contributed by atoms with Gasteiger partial charge in [0.15, 0.2) is 5.78 Å².